The van der Waals surface area contributed by atoms with Crippen LogP contribution in [0.2, 0.25) is 0 Å². The SMILES string of the molecule is COc1cc(C#N)ccc1OCC(=O)NC1CCCC(C)C1C. The van der Waals surface area contributed by atoms with Gasteiger partial charge in [0.05, 0.1) is 18.7 Å². The summed E-state index contributed by atoms with van der Waals surface area (Å²) in [5.41, 5.74) is 0.490. The van der Waals surface area contributed by atoms with Gasteiger partial charge in [0, 0.05) is 12.1 Å². The minimum Gasteiger partial charge on any atom is -0.493 e. The quantitative estimate of drug-likeness (QED) is 0.906. The van der Waals surface area contributed by atoms with E-state index < -0.39 is 0 Å². The van der Waals surface area contributed by atoms with E-state index in [-0.39, 0.29) is 18.6 Å². The van der Waals surface area contributed by atoms with Crippen LogP contribution >= 0.6 is 0 Å². The number of rotatable bonds is 5. The number of methoxy groups -OCH3 is 1. The van der Waals surface area contributed by atoms with Crippen molar-refractivity contribution in [2.24, 2.45) is 11.8 Å². The lowest BCUT2D eigenvalue weighted by Gasteiger charge is -2.34. The summed E-state index contributed by atoms with van der Waals surface area (Å²) in [6.45, 7) is 4.38. The maximum atomic E-state index is 12.1. The van der Waals surface area contributed by atoms with Crippen molar-refractivity contribution in [2.75, 3.05) is 13.7 Å². The van der Waals surface area contributed by atoms with Gasteiger partial charge in [-0.25, -0.2) is 0 Å². The topological polar surface area (TPSA) is 71.3 Å². The summed E-state index contributed by atoms with van der Waals surface area (Å²) in [7, 11) is 1.51. The normalized spacial score (nSPS) is 23.7. The molecule has 2 rings (SSSR count). The number of hydrogen-bond acceptors (Lipinski definition) is 4. The zero-order valence-corrected chi connectivity index (χ0v) is 14.0. The first kappa shape index (κ1) is 17.1. The molecule has 0 aliphatic heterocycles. The van der Waals surface area contributed by atoms with E-state index in [0.29, 0.717) is 28.9 Å². The molecule has 1 aliphatic rings. The summed E-state index contributed by atoms with van der Waals surface area (Å²) in [6, 6.07) is 7.15. The molecule has 1 aromatic carbocycles. The van der Waals surface area contributed by atoms with E-state index in [1.54, 1.807) is 18.2 Å². The van der Waals surface area contributed by atoms with Gasteiger partial charge in [0.15, 0.2) is 18.1 Å². The van der Waals surface area contributed by atoms with Gasteiger partial charge in [-0.2, -0.15) is 5.26 Å². The van der Waals surface area contributed by atoms with Gasteiger partial charge in [0.1, 0.15) is 0 Å². The summed E-state index contributed by atoms with van der Waals surface area (Å²) in [5, 5.41) is 12.0. The van der Waals surface area contributed by atoms with Crippen LogP contribution in [-0.2, 0) is 4.79 Å². The molecule has 3 atom stereocenters. The third-order valence-electron chi connectivity index (χ3n) is 4.70. The van der Waals surface area contributed by atoms with E-state index in [2.05, 4.69) is 19.2 Å². The Hall–Kier alpha value is -2.22. The first-order valence-corrected chi connectivity index (χ1v) is 8.05. The van der Waals surface area contributed by atoms with E-state index in [1.807, 2.05) is 6.07 Å². The van der Waals surface area contributed by atoms with Crippen LogP contribution in [0.25, 0.3) is 0 Å². The molecular weight excluding hydrogens is 292 g/mol. The summed E-state index contributed by atoms with van der Waals surface area (Å²) in [4.78, 5) is 12.1. The summed E-state index contributed by atoms with van der Waals surface area (Å²) in [6.07, 6.45) is 3.41. The fourth-order valence-corrected chi connectivity index (χ4v) is 3.03. The van der Waals surface area contributed by atoms with Crippen molar-refractivity contribution in [1.82, 2.24) is 5.32 Å². The number of carbonyl (C=O) groups excluding carboxylic acids is 1. The Morgan fingerprint density at radius 1 is 1.35 bits per heavy atom. The summed E-state index contributed by atoms with van der Waals surface area (Å²) >= 11 is 0. The second-order valence-corrected chi connectivity index (χ2v) is 6.21. The molecule has 0 spiro atoms. The second-order valence-electron chi connectivity index (χ2n) is 6.21. The van der Waals surface area contributed by atoms with Crippen molar-refractivity contribution in [3.8, 4) is 17.6 Å². The third-order valence-corrected chi connectivity index (χ3v) is 4.70. The molecule has 3 unspecified atom stereocenters. The summed E-state index contributed by atoms with van der Waals surface area (Å²) < 4.78 is 10.7. The first-order chi connectivity index (χ1) is 11.0. The third kappa shape index (κ3) is 4.38. The van der Waals surface area contributed by atoms with Crippen molar-refractivity contribution >= 4 is 5.91 Å². The van der Waals surface area contributed by atoms with E-state index in [1.165, 1.54) is 13.5 Å². The maximum Gasteiger partial charge on any atom is 0.258 e. The van der Waals surface area contributed by atoms with Crippen LogP contribution in [0.15, 0.2) is 18.2 Å². The van der Waals surface area contributed by atoms with Gasteiger partial charge in [0.25, 0.3) is 5.91 Å². The van der Waals surface area contributed by atoms with Crippen LogP contribution in [0, 0.1) is 23.2 Å². The van der Waals surface area contributed by atoms with Crippen LogP contribution in [0.5, 0.6) is 11.5 Å². The van der Waals surface area contributed by atoms with Gasteiger partial charge in [-0.3, -0.25) is 4.79 Å². The number of nitriles is 1. The molecule has 0 bridgehead atoms. The molecule has 1 aliphatic carbocycles. The van der Waals surface area contributed by atoms with E-state index >= 15 is 0 Å². The monoisotopic (exact) mass is 316 g/mol. The van der Waals surface area contributed by atoms with Crippen LogP contribution in [0.4, 0.5) is 0 Å². The number of nitrogens with zero attached hydrogens (tertiary/aromatic N) is 1. The fourth-order valence-electron chi connectivity index (χ4n) is 3.03. The predicted octanol–water partition coefficient (Wildman–Crippen LogP) is 2.89. The van der Waals surface area contributed by atoms with Gasteiger partial charge >= 0.3 is 0 Å². The zero-order valence-electron chi connectivity index (χ0n) is 14.0. The smallest absolute Gasteiger partial charge is 0.258 e. The number of carbonyl (C=O) groups is 1. The minimum absolute atomic E-state index is 0.0557. The molecular formula is C18H24N2O3. The lowest BCUT2D eigenvalue weighted by Crippen LogP contribution is -2.45. The molecule has 124 valence electrons. The number of nitrogens with one attached hydrogen (secondary N) is 1. The Labute approximate surface area is 137 Å². The molecule has 1 aromatic rings. The van der Waals surface area contributed by atoms with Gasteiger partial charge in [-0.05, 0) is 30.4 Å². The van der Waals surface area contributed by atoms with Gasteiger partial charge < -0.3 is 14.8 Å². The van der Waals surface area contributed by atoms with Gasteiger partial charge in [-0.1, -0.05) is 26.7 Å². The van der Waals surface area contributed by atoms with Crippen LogP contribution in [0.1, 0.15) is 38.7 Å². The Morgan fingerprint density at radius 2 is 2.13 bits per heavy atom. The number of benzene rings is 1. The van der Waals surface area contributed by atoms with E-state index in [9.17, 15) is 4.79 Å². The highest BCUT2D eigenvalue weighted by atomic mass is 16.5. The molecule has 0 saturated heterocycles. The Balaban J connectivity index is 1.90. The zero-order chi connectivity index (χ0) is 16.8. The molecule has 1 saturated carbocycles. The summed E-state index contributed by atoms with van der Waals surface area (Å²) in [5.74, 6) is 1.91. The molecule has 5 heteroatoms. The molecule has 1 fully saturated rings. The molecule has 1 N–H and O–H groups in total. The number of hydrogen-bond donors (Lipinski definition) is 1. The van der Waals surface area contributed by atoms with E-state index in [4.69, 9.17) is 14.7 Å². The highest BCUT2D eigenvalue weighted by Gasteiger charge is 2.28. The van der Waals surface area contributed by atoms with Crippen LogP contribution < -0.4 is 14.8 Å². The van der Waals surface area contributed by atoms with Crippen molar-refractivity contribution in [1.29, 1.82) is 5.26 Å². The van der Waals surface area contributed by atoms with E-state index in [0.717, 1.165) is 12.8 Å². The molecule has 5 nitrogen and oxygen atoms in total. The Morgan fingerprint density at radius 3 is 2.83 bits per heavy atom. The average Bonchev–Trinajstić information content (AvgIpc) is 2.57. The molecule has 23 heavy (non-hydrogen) atoms. The fraction of sp³-hybridized carbons (Fsp3) is 0.556. The first-order valence-electron chi connectivity index (χ1n) is 8.05. The standard InChI is InChI=1S/C18H24N2O3/c1-12-5-4-6-15(13(12)2)20-18(21)11-23-16-8-7-14(10-19)9-17(16)22-3/h7-9,12-13,15H,4-6,11H2,1-3H3,(H,20,21). The Kier molecular flexibility index (Phi) is 5.86. The molecule has 1 amide bonds. The van der Waals surface area contributed by atoms with Gasteiger partial charge in [0.2, 0.25) is 0 Å². The number of amides is 1. The molecule has 0 aromatic heterocycles. The Bertz CT molecular complexity index is 594. The van der Waals surface area contributed by atoms with Crippen LogP contribution in [-0.4, -0.2) is 25.7 Å². The van der Waals surface area contributed by atoms with Crippen molar-refractivity contribution < 1.29 is 14.3 Å². The highest BCUT2D eigenvalue weighted by molar-refractivity contribution is 5.78. The lowest BCUT2D eigenvalue weighted by atomic mass is 9.78. The van der Waals surface area contributed by atoms with Crippen molar-refractivity contribution in [2.45, 2.75) is 39.2 Å². The highest BCUT2D eigenvalue weighted by Crippen LogP contribution is 2.30. The minimum atomic E-state index is -0.123. The van der Waals surface area contributed by atoms with Crippen molar-refractivity contribution in [3.63, 3.8) is 0 Å². The van der Waals surface area contributed by atoms with Gasteiger partial charge in [-0.15, -0.1) is 0 Å². The van der Waals surface area contributed by atoms with Crippen LogP contribution in [0.3, 0.4) is 0 Å². The van der Waals surface area contributed by atoms with Crippen molar-refractivity contribution in [3.05, 3.63) is 23.8 Å². The average molecular weight is 316 g/mol. The molecule has 0 radical (unpaired) electrons. The largest absolute Gasteiger partial charge is 0.493 e. The lowest BCUT2D eigenvalue weighted by molar-refractivity contribution is -0.124. The second kappa shape index (κ2) is 7.87. The predicted molar refractivity (Wildman–Crippen MR) is 87.3 cm³/mol. The number of ether oxygens (including phenoxy) is 2. The molecule has 0 heterocycles. The maximum absolute atomic E-state index is 12.1.